The molecule has 1 fully saturated rings. The molecular formula is C17H28N4O2. The lowest BCUT2D eigenvalue weighted by molar-refractivity contribution is -0.146. The van der Waals surface area contributed by atoms with Crippen LogP contribution in [-0.2, 0) is 22.6 Å². The lowest BCUT2D eigenvalue weighted by Crippen LogP contribution is -2.48. The van der Waals surface area contributed by atoms with Crippen molar-refractivity contribution in [2.45, 2.75) is 66.3 Å². The molecule has 0 unspecified atom stereocenters. The lowest BCUT2D eigenvalue weighted by Gasteiger charge is -2.34. The SMILES string of the molecule is CC(C)(C)Cc1cn(CCCCNC(=O)C2(C)CC(=O)C2)nn1. The fraction of sp³-hybridized carbons (Fsp3) is 0.765. The zero-order valence-corrected chi connectivity index (χ0v) is 14.7. The van der Waals surface area contributed by atoms with Gasteiger partial charge in [-0.05, 0) is 31.6 Å². The standard InChI is InChI=1S/C17H28N4O2/c1-16(2,3)9-13-12-21(20-19-13)8-6-5-7-18-15(23)17(4)10-14(22)11-17/h12H,5-11H2,1-4H3,(H,18,23). The van der Waals surface area contributed by atoms with Crippen LogP contribution >= 0.6 is 0 Å². The number of aromatic nitrogens is 3. The van der Waals surface area contributed by atoms with Crippen LogP contribution in [0.25, 0.3) is 0 Å². The Morgan fingerprint density at radius 1 is 1.35 bits per heavy atom. The van der Waals surface area contributed by atoms with E-state index in [1.165, 1.54) is 0 Å². The van der Waals surface area contributed by atoms with Crippen molar-refractivity contribution in [3.63, 3.8) is 0 Å². The Morgan fingerprint density at radius 2 is 2.04 bits per heavy atom. The van der Waals surface area contributed by atoms with Gasteiger partial charge in [-0.2, -0.15) is 0 Å². The van der Waals surface area contributed by atoms with E-state index in [-0.39, 0.29) is 17.1 Å². The van der Waals surface area contributed by atoms with Gasteiger partial charge in [0.05, 0.1) is 11.1 Å². The number of amides is 1. The average Bonchev–Trinajstić information content (AvgIpc) is 2.81. The third-order valence-electron chi connectivity index (χ3n) is 4.12. The van der Waals surface area contributed by atoms with Gasteiger partial charge in [-0.3, -0.25) is 14.3 Å². The molecule has 1 aromatic rings. The van der Waals surface area contributed by atoms with Crippen LogP contribution in [0.15, 0.2) is 6.20 Å². The molecule has 6 heteroatoms. The van der Waals surface area contributed by atoms with Crippen molar-refractivity contribution in [1.82, 2.24) is 20.3 Å². The first-order valence-corrected chi connectivity index (χ1v) is 8.37. The number of aryl methyl sites for hydroxylation is 1. The second-order valence-electron chi connectivity index (χ2n) is 8.13. The van der Waals surface area contributed by atoms with Crippen molar-refractivity contribution in [2.75, 3.05) is 6.54 Å². The van der Waals surface area contributed by atoms with E-state index in [9.17, 15) is 9.59 Å². The van der Waals surface area contributed by atoms with Crippen LogP contribution in [-0.4, -0.2) is 33.2 Å². The molecule has 1 aromatic heterocycles. The molecule has 1 aliphatic carbocycles. The second kappa shape index (κ2) is 6.81. The molecule has 0 aliphatic heterocycles. The molecule has 128 valence electrons. The first-order valence-electron chi connectivity index (χ1n) is 8.37. The minimum atomic E-state index is -0.467. The highest BCUT2D eigenvalue weighted by Crippen LogP contribution is 2.37. The third kappa shape index (κ3) is 5.15. The Balaban J connectivity index is 1.62. The third-order valence-corrected chi connectivity index (χ3v) is 4.12. The Kier molecular flexibility index (Phi) is 5.22. The van der Waals surface area contributed by atoms with Gasteiger partial charge in [0, 0.05) is 32.1 Å². The number of hydrogen-bond donors (Lipinski definition) is 1. The zero-order chi connectivity index (χ0) is 17.1. The van der Waals surface area contributed by atoms with E-state index in [4.69, 9.17) is 0 Å². The number of hydrogen-bond acceptors (Lipinski definition) is 4. The normalized spacial score (nSPS) is 17.0. The molecule has 23 heavy (non-hydrogen) atoms. The first kappa shape index (κ1) is 17.6. The first-order chi connectivity index (χ1) is 10.7. The molecular weight excluding hydrogens is 292 g/mol. The summed E-state index contributed by atoms with van der Waals surface area (Å²) >= 11 is 0. The Labute approximate surface area is 138 Å². The highest BCUT2D eigenvalue weighted by molar-refractivity contribution is 5.99. The number of Topliss-reactive ketones (excluding diaryl/α,β-unsaturated/α-hetero) is 1. The molecule has 1 amide bonds. The maximum atomic E-state index is 12.0. The molecule has 1 saturated carbocycles. The van der Waals surface area contributed by atoms with Crippen molar-refractivity contribution < 1.29 is 9.59 Å². The number of nitrogens with zero attached hydrogens (tertiary/aromatic N) is 3. The minimum Gasteiger partial charge on any atom is -0.356 e. The van der Waals surface area contributed by atoms with Gasteiger partial charge in [-0.1, -0.05) is 26.0 Å². The van der Waals surface area contributed by atoms with Crippen LogP contribution in [0, 0.1) is 10.8 Å². The van der Waals surface area contributed by atoms with Crippen LogP contribution in [0.3, 0.4) is 0 Å². The van der Waals surface area contributed by atoms with Crippen LogP contribution in [0.4, 0.5) is 0 Å². The molecule has 1 heterocycles. The van der Waals surface area contributed by atoms with Crippen molar-refractivity contribution in [2.24, 2.45) is 10.8 Å². The molecule has 0 saturated heterocycles. The molecule has 0 atom stereocenters. The number of unbranched alkanes of at least 4 members (excludes halogenated alkanes) is 1. The predicted molar refractivity (Wildman–Crippen MR) is 87.8 cm³/mol. The minimum absolute atomic E-state index is 0.00493. The largest absolute Gasteiger partial charge is 0.356 e. The van der Waals surface area contributed by atoms with Gasteiger partial charge in [-0.15, -0.1) is 5.10 Å². The molecule has 6 nitrogen and oxygen atoms in total. The molecule has 0 radical (unpaired) electrons. The van der Waals surface area contributed by atoms with Gasteiger partial charge in [0.2, 0.25) is 5.91 Å². The van der Waals surface area contributed by atoms with E-state index in [1.807, 2.05) is 17.8 Å². The Morgan fingerprint density at radius 3 is 2.65 bits per heavy atom. The van der Waals surface area contributed by atoms with Crippen LogP contribution in [0.5, 0.6) is 0 Å². The maximum Gasteiger partial charge on any atom is 0.226 e. The number of nitrogens with one attached hydrogen (secondary N) is 1. The molecule has 1 aliphatic rings. The van der Waals surface area contributed by atoms with E-state index in [1.54, 1.807) is 0 Å². The number of ketones is 1. The van der Waals surface area contributed by atoms with E-state index in [0.717, 1.165) is 31.5 Å². The van der Waals surface area contributed by atoms with Gasteiger partial charge in [-0.25, -0.2) is 0 Å². The number of carbonyl (C=O) groups excluding carboxylic acids is 2. The second-order valence-corrected chi connectivity index (χ2v) is 8.13. The van der Waals surface area contributed by atoms with E-state index < -0.39 is 5.41 Å². The summed E-state index contributed by atoms with van der Waals surface area (Å²) in [5.41, 5.74) is 0.767. The summed E-state index contributed by atoms with van der Waals surface area (Å²) in [4.78, 5) is 23.0. The molecule has 0 aromatic carbocycles. The molecule has 2 rings (SSSR count). The quantitative estimate of drug-likeness (QED) is 0.781. The van der Waals surface area contributed by atoms with Crippen LogP contribution < -0.4 is 5.32 Å². The maximum absolute atomic E-state index is 12.0. The van der Waals surface area contributed by atoms with Gasteiger partial charge < -0.3 is 5.32 Å². The summed E-state index contributed by atoms with van der Waals surface area (Å²) in [6.45, 7) is 9.87. The Bertz CT molecular complexity index is 563. The van der Waals surface area contributed by atoms with Crippen molar-refractivity contribution in [1.29, 1.82) is 0 Å². The van der Waals surface area contributed by atoms with Crippen LogP contribution in [0.1, 0.15) is 59.1 Å². The molecule has 0 bridgehead atoms. The summed E-state index contributed by atoms with van der Waals surface area (Å²) in [5.74, 6) is 0.185. The highest BCUT2D eigenvalue weighted by atomic mass is 16.2. The molecule has 0 spiro atoms. The number of carbonyl (C=O) groups is 2. The van der Waals surface area contributed by atoms with Gasteiger partial charge in [0.1, 0.15) is 5.78 Å². The van der Waals surface area contributed by atoms with E-state index >= 15 is 0 Å². The van der Waals surface area contributed by atoms with Crippen molar-refractivity contribution in [3.8, 4) is 0 Å². The summed E-state index contributed by atoms with van der Waals surface area (Å²) in [5, 5.41) is 11.3. The lowest BCUT2D eigenvalue weighted by atomic mass is 9.69. The van der Waals surface area contributed by atoms with Crippen molar-refractivity contribution in [3.05, 3.63) is 11.9 Å². The zero-order valence-electron chi connectivity index (χ0n) is 14.7. The summed E-state index contributed by atoms with van der Waals surface area (Å²) in [6, 6.07) is 0. The van der Waals surface area contributed by atoms with Crippen molar-refractivity contribution >= 4 is 11.7 Å². The fourth-order valence-electron chi connectivity index (χ4n) is 2.87. The topological polar surface area (TPSA) is 76.9 Å². The summed E-state index contributed by atoms with van der Waals surface area (Å²) in [7, 11) is 0. The average molecular weight is 320 g/mol. The Hall–Kier alpha value is -1.72. The highest BCUT2D eigenvalue weighted by Gasteiger charge is 2.45. The summed E-state index contributed by atoms with van der Waals surface area (Å²) < 4.78 is 1.87. The van der Waals surface area contributed by atoms with Crippen LogP contribution in [0.2, 0.25) is 0 Å². The monoisotopic (exact) mass is 320 g/mol. The smallest absolute Gasteiger partial charge is 0.226 e. The van der Waals surface area contributed by atoms with E-state index in [2.05, 4.69) is 36.4 Å². The fourth-order valence-corrected chi connectivity index (χ4v) is 2.87. The van der Waals surface area contributed by atoms with E-state index in [0.29, 0.717) is 19.4 Å². The predicted octanol–water partition coefficient (Wildman–Crippen LogP) is 2.13. The molecule has 1 N–H and O–H groups in total. The van der Waals surface area contributed by atoms with Gasteiger partial charge in [0.25, 0.3) is 0 Å². The van der Waals surface area contributed by atoms with Gasteiger partial charge >= 0.3 is 0 Å². The number of rotatable bonds is 7. The van der Waals surface area contributed by atoms with Gasteiger partial charge in [0.15, 0.2) is 0 Å². The summed E-state index contributed by atoms with van der Waals surface area (Å²) in [6.07, 6.45) is 5.52.